The van der Waals surface area contributed by atoms with Gasteiger partial charge in [0.25, 0.3) is 0 Å². The van der Waals surface area contributed by atoms with Gasteiger partial charge in [-0.05, 0) is 61.7 Å². The van der Waals surface area contributed by atoms with Crippen molar-refractivity contribution in [2.24, 2.45) is 0 Å². The number of hydrogen-bond donors (Lipinski definition) is 3. The Morgan fingerprint density at radius 3 is 2.64 bits per heavy atom. The van der Waals surface area contributed by atoms with Crippen LogP contribution in [0.15, 0.2) is 36.5 Å². The fraction of sp³-hybridized carbons (Fsp3) is 0.450. The normalized spacial score (nSPS) is 19.0. The van der Waals surface area contributed by atoms with Crippen molar-refractivity contribution < 1.29 is 0 Å². The third kappa shape index (κ3) is 6.21. The van der Waals surface area contributed by atoms with Gasteiger partial charge in [-0.2, -0.15) is 4.98 Å². The molecule has 3 N–H and O–H groups in total. The molecule has 28 heavy (non-hydrogen) atoms. The van der Waals surface area contributed by atoms with Crippen molar-refractivity contribution in [1.82, 2.24) is 20.6 Å². The number of aromatic nitrogens is 2. The lowest BCUT2D eigenvalue weighted by atomic mass is 9.91. The Bertz CT molecular complexity index is 792. The van der Waals surface area contributed by atoms with E-state index in [0.29, 0.717) is 29.7 Å². The summed E-state index contributed by atoms with van der Waals surface area (Å²) in [7, 11) is 3.96. The van der Waals surface area contributed by atoms with E-state index in [1.807, 2.05) is 49.3 Å². The third-order valence-electron chi connectivity index (χ3n) is 4.84. The number of anilines is 2. The van der Waals surface area contributed by atoms with E-state index in [1.165, 1.54) is 0 Å². The van der Waals surface area contributed by atoms with E-state index in [2.05, 4.69) is 25.9 Å². The van der Waals surface area contributed by atoms with Crippen molar-refractivity contribution in [2.45, 2.75) is 44.3 Å². The van der Waals surface area contributed by atoms with Crippen molar-refractivity contribution in [3.8, 4) is 0 Å². The Labute approximate surface area is 177 Å². The van der Waals surface area contributed by atoms with Crippen LogP contribution in [-0.4, -0.2) is 41.3 Å². The second-order valence-electron chi connectivity index (χ2n) is 7.28. The number of thiocarbonyl (C=S) groups is 1. The maximum atomic E-state index is 6.02. The van der Waals surface area contributed by atoms with Crippen LogP contribution in [-0.2, 0) is 6.54 Å². The van der Waals surface area contributed by atoms with Crippen LogP contribution >= 0.6 is 23.8 Å². The van der Waals surface area contributed by atoms with Gasteiger partial charge in [-0.15, -0.1) is 0 Å². The quantitative estimate of drug-likeness (QED) is 0.619. The fourth-order valence-electron chi connectivity index (χ4n) is 3.30. The van der Waals surface area contributed by atoms with Gasteiger partial charge in [0.1, 0.15) is 5.82 Å². The molecule has 6 nitrogen and oxygen atoms in total. The molecule has 1 heterocycles. The van der Waals surface area contributed by atoms with Gasteiger partial charge >= 0.3 is 0 Å². The van der Waals surface area contributed by atoms with Crippen LogP contribution in [0.2, 0.25) is 5.02 Å². The molecule has 0 saturated heterocycles. The van der Waals surface area contributed by atoms with Gasteiger partial charge in [-0.1, -0.05) is 23.7 Å². The molecule has 1 aliphatic carbocycles. The van der Waals surface area contributed by atoms with Crippen molar-refractivity contribution in [3.05, 3.63) is 47.1 Å². The zero-order chi connectivity index (χ0) is 19.9. The van der Waals surface area contributed by atoms with Gasteiger partial charge in [0.05, 0.1) is 0 Å². The average Bonchev–Trinajstić information content (AvgIpc) is 2.68. The van der Waals surface area contributed by atoms with Crippen molar-refractivity contribution in [1.29, 1.82) is 0 Å². The van der Waals surface area contributed by atoms with E-state index in [0.717, 1.165) is 42.1 Å². The molecular weight excluding hydrogens is 392 g/mol. The molecule has 1 aromatic carbocycles. The molecule has 0 unspecified atom stereocenters. The van der Waals surface area contributed by atoms with Crippen LogP contribution in [0.1, 0.15) is 31.2 Å². The molecule has 0 radical (unpaired) electrons. The summed E-state index contributed by atoms with van der Waals surface area (Å²) in [4.78, 5) is 10.9. The number of hydrogen-bond acceptors (Lipinski definition) is 5. The molecule has 1 aliphatic rings. The van der Waals surface area contributed by atoms with Crippen molar-refractivity contribution in [3.63, 3.8) is 0 Å². The number of nitrogens with one attached hydrogen (secondary N) is 3. The minimum Gasteiger partial charge on any atom is -0.363 e. The van der Waals surface area contributed by atoms with Crippen molar-refractivity contribution in [2.75, 3.05) is 24.3 Å². The summed E-state index contributed by atoms with van der Waals surface area (Å²) in [6, 6.07) is 10.5. The Morgan fingerprint density at radius 2 is 1.93 bits per heavy atom. The lowest BCUT2D eigenvalue weighted by molar-refractivity contribution is 0.385. The van der Waals surface area contributed by atoms with E-state index in [1.54, 1.807) is 6.20 Å². The van der Waals surface area contributed by atoms with Crippen LogP contribution in [0.25, 0.3) is 0 Å². The van der Waals surface area contributed by atoms with Gasteiger partial charge in [0.2, 0.25) is 5.95 Å². The number of benzene rings is 1. The molecule has 3 rings (SSSR count). The third-order valence-corrected chi connectivity index (χ3v) is 5.33. The molecule has 0 aliphatic heterocycles. The van der Waals surface area contributed by atoms with Gasteiger partial charge in [0, 0.05) is 43.9 Å². The molecule has 0 amide bonds. The molecule has 1 aromatic heterocycles. The van der Waals surface area contributed by atoms with E-state index in [-0.39, 0.29) is 0 Å². The highest BCUT2D eigenvalue weighted by Crippen LogP contribution is 2.21. The van der Waals surface area contributed by atoms with Crippen LogP contribution in [0.5, 0.6) is 0 Å². The number of halogens is 1. The Balaban J connectivity index is 1.40. The molecule has 1 saturated carbocycles. The minimum absolute atomic E-state index is 0.392. The summed E-state index contributed by atoms with van der Waals surface area (Å²) < 4.78 is 0. The molecule has 0 bridgehead atoms. The lowest BCUT2D eigenvalue weighted by Gasteiger charge is -2.30. The lowest BCUT2D eigenvalue weighted by Crippen LogP contribution is -2.44. The van der Waals surface area contributed by atoms with E-state index >= 15 is 0 Å². The molecule has 0 spiro atoms. The molecular formula is C20H27ClN6S. The van der Waals surface area contributed by atoms with E-state index in [4.69, 9.17) is 23.8 Å². The van der Waals surface area contributed by atoms with E-state index < -0.39 is 0 Å². The van der Waals surface area contributed by atoms with Gasteiger partial charge in [0.15, 0.2) is 5.11 Å². The summed E-state index contributed by atoms with van der Waals surface area (Å²) in [5, 5.41) is 11.6. The highest BCUT2D eigenvalue weighted by atomic mass is 35.5. The first kappa shape index (κ1) is 20.6. The smallest absolute Gasteiger partial charge is 0.224 e. The zero-order valence-electron chi connectivity index (χ0n) is 16.3. The van der Waals surface area contributed by atoms with Crippen molar-refractivity contribution >= 4 is 40.7 Å². The number of rotatable bonds is 6. The molecule has 2 aromatic rings. The largest absolute Gasteiger partial charge is 0.363 e. The van der Waals surface area contributed by atoms with Crippen LogP contribution in [0.4, 0.5) is 11.8 Å². The van der Waals surface area contributed by atoms with Crippen LogP contribution < -0.4 is 20.9 Å². The first-order chi connectivity index (χ1) is 13.5. The highest BCUT2D eigenvalue weighted by Gasteiger charge is 2.22. The van der Waals surface area contributed by atoms with Gasteiger partial charge in [-0.25, -0.2) is 4.98 Å². The highest BCUT2D eigenvalue weighted by molar-refractivity contribution is 7.80. The minimum atomic E-state index is 0.392. The first-order valence-electron chi connectivity index (χ1n) is 9.55. The summed E-state index contributed by atoms with van der Waals surface area (Å²) in [5.74, 6) is 1.60. The first-order valence-corrected chi connectivity index (χ1v) is 10.3. The Morgan fingerprint density at radius 1 is 1.18 bits per heavy atom. The topological polar surface area (TPSA) is 65.1 Å². The number of nitrogens with zero attached hydrogens (tertiary/aromatic N) is 3. The zero-order valence-corrected chi connectivity index (χ0v) is 17.9. The fourth-order valence-corrected chi connectivity index (χ4v) is 3.75. The second-order valence-corrected chi connectivity index (χ2v) is 8.13. The summed E-state index contributed by atoms with van der Waals surface area (Å²) in [5.41, 5.74) is 1.12. The monoisotopic (exact) mass is 418 g/mol. The molecule has 8 heteroatoms. The summed E-state index contributed by atoms with van der Waals surface area (Å²) in [6.07, 6.45) is 6.03. The van der Waals surface area contributed by atoms with Crippen LogP contribution in [0, 0.1) is 0 Å². The Hall–Kier alpha value is -2.12. The SMILES string of the molecule is CN(C)c1ccnc(N[C@H]2CC[C@@H](NC(=S)NCc3cccc(Cl)c3)CC2)n1. The van der Waals surface area contributed by atoms with Crippen LogP contribution in [0.3, 0.4) is 0 Å². The average molecular weight is 419 g/mol. The maximum Gasteiger partial charge on any atom is 0.224 e. The summed E-state index contributed by atoms with van der Waals surface area (Å²) in [6.45, 7) is 0.669. The van der Waals surface area contributed by atoms with E-state index in [9.17, 15) is 0 Å². The summed E-state index contributed by atoms with van der Waals surface area (Å²) >= 11 is 11.5. The predicted octanol–water partition coefficient (Wildman–Crippen LogP) is 3.58. The Kier molecular flexibility index (Phi) is 7.28. The standard InChI is InChI=1S/C20H27ClN6S/c1-27(2)18-10-11-22-19(26-18)24-16-6-8-17(9-7-16)25-20(28)23-13-14-4-3-5-15(21)12-14/h3-5,10-12,16-17H,6-9,13H2,1-2H3,(H,22,24,26)(H2,23,25,28)/t16-,17+. The maximum absolute atomic E-state index is 6.02. The molecule has 150 valence electrons. The van der Waals surface area contributed by atoms with Gasteiger partial charge in [-0.3, -0.25) is 0 Å². The molecule has 0 atom stereocenters. The predicted molar refractivity (Wildman–Crippen MR) is 120 cm³/mol. The second kappa shape index (κ2) is 9.89. The molecule has 1 fully saturated rings. The van der Waals surface area contributed by atoms with Gasteiger partial charge < -0.3 is 20.9 Å².